The molecule has 0 aromatic heterocycles. The van der Waals surface area contributed by atoms with Gasteiger partial charge in [0.2, 0.25) is 0 Å². The van der Waals surface area contributed by atoms with Gasteiger partial charge in [-0.15, -0.1) is 0 Å². The molecule has 2 aromatic rings. The minimum atomic E-state index is 0.440. The quantitative estimate of drug-likeness (QED) is 0.661. The van der Waals surface area contributed by atoms with Crippen molar-refractivity contribution < 1.29 is 0 Å². The van der Waals surface area contributed by atoms with Crippen LogP contribution in [0.5, 0.6) is 0 Å². The summed E-state index contributed by atoms with van der Waals surface area (Å²) in [4.78, 5) is 0. The standard InChI is InChI=1S/C16H13ClN2/c1-11-7-8-13(9-15(11)17)16(19)14(10-18)12-5-3-2-4-6-12/h2-9H,19H2,1H3/b16-14+. The van der Waals surface area contributed by atoms with Crippen molar-refractivity contribution in [2.24, 2.45) is 5.73 Å². The minimum Gasteiger partial charge on any atom is -0.397 e. The van der Waals surface area contributed by atoms with Gasteiger partial charge in [-0.2, -0.15) is 5.26 Å². The normalized spacial score (nSPS) is 11.6. The molecule has 0 saturated carbocycles. The van der Waals surface area contributed by atoms with E-state index in [1.807, 2.05) is 49.4 Å². The largest absolute Gasteiger partial charge is 0.397 e. The lowest BCUT2D eigenvalue weighted by Crippen LogP contribution is -2.01. The molecule has 0 bridgehead atoms. The van der Waals surface area contributed by atoms with Gasteiger partial charge in [0.25, 0.3) is 0 Å². The van der Waals surface area contributed by atoms with E-state index in [1.54, 1.807) is 6.07 Å². The summed E-state index contributed by atoms with van der Waals surface area (Å²) in [7, 11) is 0. The van der Waals surface area contributed by atoms with Crippen LogP contribution >= 0.6 is 11.6 Å². The number of halogens is 1. The van der Waals surface area contributed by atoms with Crippen molar-refractivity contribution in [3.05, 3.63) is 70.2 Å². The van der Waals surface area contributed by atoms with Gasteiger partial charge in [0, 0.05) is 10.6 Å². The van der Waals surface area contributed by atoms with Crippen LogP contribution in [0.1, 0.15) is 16.7 Å². The number of rotatable bonds is 2. The number of allylic oxidation sites excluding steroid dienone is 1. The molecule has 0 unspecified atom stereocenters. The molecule has 0 aliphatic heterocycles. The second kappa shape index (κ2) is 5.60. The van der Waals surface area contributed by atoms with E-state index in [4.69, 9.17) is 17.3 Å². The number of benzene rings is 2. The zero-order valence-electron chi connectivity index (χ0n) is 10.5. The topological polar surface area (TPSA) is 49.8 Å². The Morgan fingerprint density at radius 3 is 2.37 bits per heavy atom. The van der Waals surface area contributed by atoms with Gasteiger partial charge in [0.05, 0.1) is 11.3 Å². The predicted molar refractivity (Wildman–Crippen MR) is 79.2 cm³/mol. The van der Waals surface area contributed by atoms with E-state index in [9.17, 15) is 5.26 Å². The van der Waals surface area contributed by atoms with Crippen molar-refractivity contribution in [3.8, 4) is 6.07 Å². The Kier molecular flexibility index (Phi) is 3.89. The lowest BCUT2D eigenvalue weighted by Gasteiger charge is -2.08. The molecule has 3 heteroatoms. The number of nitrogens with zero attached hydrogens (tertiary/aromatic N) is 1. The lowest BCUT2D eigenvalue weighted by atomic mass is 10.0. The van der Waals surface area contributed by atoms with E-state index in [-0.39, 0.29) is 0 Å². The Balaban J connectivity index is 2.56. The van der Waals surface area contributed by atoms with Crippen molar-refractivity contribution in [3.63, 3.8) is 0 Å². The first-order chi connectivity index (χ1) is 9.13. The Bertz CT molecular complexity index is 667. The van der Waals surface area contributed by atoms with Crippen LogP contribution in [0.2, 0.25) is 5.02 Å². The zero-order valence-corrected chi connectivity index (χ0v) is 11.3. The van der Waals surface area contributed by atoms with Crippen LogP contribution in [0, 0.1) is 18.3 Å². The van der Waals surface area contributed by atoms with Gasteiger partial charge in [-0.1, -0.05) is 54.1 Å². The fourth-order valence-corrected chi connectivity index (χ4v) is 1.97. The van der Waals surface area contributed by atoms with E-state index in [0.717, 1.165) is 16.7 Å². The average molecular weight is 269 g/mol. The van der Waals surface area contributed by atoms with Gasteiger partial charge < -0.3 is 5.73 Å². The number of aryl methyl sites for hydroxylation is 1. The molecule has 0 radical (unpaired) electrons. The van der Waals surface area contributed by atoms with E-state index < -0.39 is 0 Å². The Morgan fingerprint density at radius 1 is 1.11 bits per heavy atom. The predicted octanol–water partition coefficient (Wildman–Crippen LogP) is 4.00. The molecule has 0 amide bonds. The highest BCUT2D eigenvalue weighted by molar-refractivity contribution is 6.31. The van der Waals surface area contributed by atoms with Crippen LogP contribution in [-0.2, 0) is 0 Å². The SMILES string of the molecule is Cc1ccc(/C(N)=C(/C#N)c2ccccc2)cc1Cl. The molecule has 2 aromatic carbocycles. The molecule has 0 atom stereocenters. The van der Waals surface area contributed by atoms with Crippen LogP contribution in [0.15, 0.2) is 48.5 Å². The number of hydrogen-bond acceptors (Lipinski definition) is 2. The zero-order chi connectivity index (χ0) is 13.8. The van der Waals surface area contributed by atoms with E-state index >= 15 is 0 Å². The lowest BCUT2D eigenvalue weighted by molar-refractivity contribution is 1.43. The fraction of sp³-hybridized carbons (Fsp3) is 0.0625. The van der Waals surface area contributed by atoms with Crippen molar-refractivity contribution >= 4 is 22.9 Å². The van der Waals surface area contributed by atoms with E-state index in [1.165, 1.54) is 0 Å². The molecule has 19 heavy (non-hydrogen) atoms. The molecule has 2 nitrogen and oxygen atoms in total. The maximum absolute atomic E-state index is 9.31. The van der Waals surface area contributed by atoms with Gasteiger partial charge in [-0.3, -0.25) is 0 Å². The molecule has 0 heterocycles. The number of nitrogens with two attached hydrogens (primary N) is 1. The molecule has 94 valence electrons. The first kappa shape index (κ1) is 13.2. The second-order valence-corrected chi connectivity index (χ2v) is 4.64. The Hall–Kier alpha value is -2.24. The third kappa shape index (κ3) is 2.78. The first-order valence-corrected chi connectivity index (χ1v) is 6.23. The highest BCUT2D eigenvalue weighted by Crippen LogP contribution is 2.25. The molecule has 0 fully saturated rings. The summed E-state index contributed by atoms with van der Waals surface area (Å²) >= 11 is 6.09. The third-order valence-corrected chi connectivity index (χ3v) is 3.33. The number of hydrogen-bond donors (Lipinski definition) is 1. The van der Waals surface area contributed by atoms with Crippen LogP contribution in [0.25, 0.3) is 11.3 Å². The van der Waals surface area contributed by atoms with E-state index in [2.05, 4.69) is 6.07 Å². The highest BCUT2D eigenvalue weighted by atomic mass is 35.5. The van der Waals surface area contributed by atoms with Gasteiger partial charge in [0.1, 0.15) is 6.07 Å². The molecule has 0 saturated heterocycles. The summed E-state index contributed by atoms with van der Waals surface area (Å²) in [6.45, 7) is 1.93. The van der Waals surface area contributed by atoms with Crippen LogP contribution < -0.4 is 5.73 Å². The molecule has 2 N–H and O–H groups in total. The third-order valence-electron chi connectivity index (χ3n) is 2.93. The summed E-state index contributed by atoms with van der Waals surface area (Å²) < 4.78 is 0. The van der Waals surface area contributed by atoms with Crippen molar-refractivity contribution in [2.75, 3.05) is 0 Å². The van der Waals surface area contributed by atoms with Gasteiger partial charge in [-0.05, 0) is 24.1 Å². The molecule has 2 rings (SSSR count). The maximum Gasteiger partial charge on any atom is 0.102 e. The molecule has 0 spiro atoms. The fourth-order valence-electron chi connectivity index (χ4n) is 1.79. The summed E-state index contributed by atoms with van der Waals surface area (Å²) in [5.74, 6) is 0. The molecule has 0 aliphatic carbocycles. The van der Waals surface area contributed by atoms with Gasteiger partial charge >= 0.3 is 0 Å². The monoisotopic (exact) mass is 268 g/mol. The van der Waals surface area contributed by atoms with Crippen molar-refractivity contribution in [1.82, 2.24) is 0 Å². The van der Waals surface area contributed by atoms with Crippen LogP contribution in [0.3, 0.4) is 0 Å². The smallest absolute Gasteiger partial charge is 0.102 e. The summed E-state index contributed by atoms with van der Waals surface area (Å²) in [6, 6.07) is 17.1. The van der Waals surface area contributed by atoms with Crippen LogP contribution in [-0.4, -0.2) is 0 Å². The maximum atomic E-state index is 9.31. The number of nitriles is 1. The Morgan fingerprint density at radius 2 is 1.79 bits per heavy atom. The average Bonchev–Trinajstić information content (AvgIpc) is 2.44. The van der Waals surface area contributed by atoms with E-state index in [0.29, 0.717) is 16.3 Å². The molecular formula is C16H13ClN2. The summed E-state index contributed by atoms with van der Waals surface area (Å²) in [6.07, 6.45) is 0. The van der Waals surface area contributed by atoms with Crippen LogP contribution in [0.4, 0.5) is 0 Å². The summed E-state index contributed by atoms with van der Waals surface area (Å²) in [5, 5.41) is 9.96. The van der Waals surface area contributed by atoms with Crippen molar-refractivity contribution in [1.29, 1.82) is 5.26 Å². The first-order valence-electron chi connectivity index (χ1n) is 5.85. The highest BCUT2D eigenvalue weighted by Gasteiger charge is 2.09. The summed E-state index contributed by atoms with van der Waals surface area (Å²) in [5.41, 5.74) is 9.55. The van der Waals surface area contributed by atoms with Gasteiger partial charge in [-0.25, -0.2) is 0 Å². The minimum absolute atomic E-state index is 0.440. The Labute approximate surface area is 117 Å². The second-order valence-electron chi connectivity index (χ2n) is 4.23. The van der Waals surface area contributed by atoms with Crippen molar-refractivity contribution in [2.45, 2.75) is 6.92 Å². The molecule has 0 aliphatic rings. The molecular weight excluding hydrogens is 256 g/mol. The van der Waals surface area contributed by atoms with Gasteiger partial charge in [0.15, 0.2) is 0 Å².